The number of thiophene rings is 2. The predicted octanol–water partition coefficient (Wildman–Crippen LogP) is 4.10. The van der Waals surface area contributed by atoms with Crippen LogP contribution in [0, 0.1) is 13.8 Å². The Bertz CT molecular complexity index is 1120. The van der Waals surface area contributed by atoms with Crippen molar-refractivity contribution in [2.75, 3.05) is 12.3 Å². The number of amides is 3. The number of carbonyl (C=O) groups excluding carboxylic acids is 2. The minimum atomic E-state index is -0.515. The molecular formula is C21H26N4O3S3. The highest BCUT2D eigenvalue weighted by Gasteiger charge is 2.18. The molecule has 10 heteroatoms. The van der Waals surface area contributed by atoms with Crippen molar-refractivity contribution in [2.24, 2.45) is 0 Å². The second kappa shape index (κ2) is 10.9. The minimum Gasteiger partial charge on any atom is -0.337 e. The number of nitrogens with one attached hydrogen (secondary N) is 2. The molecule has 2 N–H and O–H groups in total. The van der Waals surface area contributed by atoms with Crippen LogP contribution in [0.4, 0.5) is 4.79 Å². The first-order chi connectivity index (χ1) is 14.9. The quantitative estimate of drug-likeness (QED) is 0.357. The molecule has 0 unspecified atom stereocenters. The largest absolute Gasteiger partial charge is 0.337 e. The molecule has 3 rings (SSSR count). The lowest BCUT2D eigenvalue weighted by molar-refractivity contribution is -0.117. The van der Waals surface area contributed by atoms with Crippen molar-refractivity contribution in [3.63, 3.8) is 0 Å². The SMILES string of the molecule is CCCCn1c(SCC(=O)NC(=O)NCCc2cccs2)nc2sc(C)c(C)c2c1=O. The predicted molar refractivity (Wildman–Crippen MR) is 129 cm³/mol. The lowest BCUT2D eigenvalue weighted by atomic mass is 10.2. The summed E-state index contributed by atoms with van der Waals surface area (Å²) in [6.07, 6.45) is 2.52. The van der Waals surface area contributed by atoms with Crippen molar-refractivity contribution in [1.82, 2.24) is 20.2 Å². The molecule has 0 aliphatic heterocycles. The molecule has 3 aromatic rings. The maximum absolute atomic E-state index is 13.1. The van der Waals surface area contributed by atoms with Gasteiger partial charge in [0.25, 0.3) is 5.56 Å². The van der Waals surface area contributed by atoms with Gasteiger partial charge in [0.2, 0.25) is 5.91 Å². The van der Waals surface area contributed by atoms with Gasteiger partial charge in [0, 0.05) is 22.8 Å². The van der Waals surface area contributed by atoms with E-state index in [1.54, 1.807) is 15.9 Å². The zero-order valence-corrected chi connectivity index (χ0v) is 20.3. The lowest BCUT2D eigenvalue weighted by Crippen LogP contribution is -2.41. The van der Waals surface area contributed by atoms with Crippen LogP contribution in [-0.4, -0.2) is 33.8 Å². The van der Waals surface area contributed by atoms with Crippen LogP contribution in [0.1, 0.15) is 35.1 Å². The number of thioether (sulfide) groups is 1. The fourth-order valence-electron chi connectivity index (χ4n) is 3.02. The second-order valence-corrected chi connectivity index (χ2v) is 10.3. The van der Waals surface area contributed by atoms with Crippen molar-refractivity contribution in [2.45, 2.75) is 51.7 Å². The van der Waals surface area contributed by atoms with Crippen LogP contribution in [0.2, 0.25) is 0 Å². The van der Waals surface area contributed by atoms with Crippen LogP contribution in [-0.2, 0) is 17.8 Å². The van der Waals surface area contributed by atoms with E-state index in [0.717, 1.165) is 29.7 Å². The fourth-order valence-corrected chi connectivity index (χ4v) is 5.63. The Morgan fingerprint density at radius 1 is 1.29 bits per heavy atom. The standard InChI is InChI=1S/C21H26N4O3S3/c1-4-5-10-25-19(27)17-13(2)14(3)31-18(17)24-21(25)30-12-16(26)23-20(28)22-9-8-15-7-6-11-29-15/h6-7,11H,4-5,8-10,12H2,1-3H3,(H2,22,23,26,28). The molecule has 0 aliphatic rings. The molecule has 0 atom stereocenters. The third kappa shape index (κ3) is 5.96. The summed E-state index contributed by atoms with van der Waals surface area (Å²) in [5.74, 6) is -0.417. The summed E-state index contributed by atoms with van der Waals surface area (Å²) in [7, 11) is 0. The zero-order valence-electron chi connectivity index (χ0n) is 17.8. The number of aromatic nitrogens is 2. The van der Waals surface area contributed by atoms with Crippen molar-refractivity contribution in [3.05, 3.63) is 43.2 Å². The van der Waals surface area contributed by atoms with Gasteiger partial charge in [-0.3, -0.25) is 19.5 Å². The van der Waals surface area contributed by atoms with Crippen molar-refractivity contribution < 1.29 is 9.59 Å². The molecule has 0 spiro atoms. The first-order valence-corrected chi connectivity index (χ1v) is 12.8. The third-order valence-electron chi connectivity index (χ3n) is 4.81. The van der Waals surface area contributed by atoms with Crippen LogP contribution in [0.15, 0.2) is 27.5 Å². The van der Waals surface area contributed by atoms with Crippen molar-refractivity contribution >= 4 is 56.6 Å². The van der Waals surface area contributed by atoms with Crippen LogP contribution in [0.25, 0.3) is 10.2 Å². The number of carbonyl (C=O) groups is 2. The van der Waals surface area contributed by atoms with Crippen LogP contribution in [0.3, 0.4) is 0 Å². The highest BCUT2D eigenvalue weighted by Crippen LogP contribution is 2.28. The van der Waals surface area contributed by atoms with Crippen LogP contribution in [0.5, 0.6) is 0 Å². The maximum atomic E-state index is 13.1. The molecule has 0 bridgehead atoms. The smallest absolute Gasteiger partial charge is 0.321 e. The number of fused-ring (bicyclic) bond motifs is 1. The maximum Gasteiger partial charge on any atom is 0.321 e. The number of hydrogen-bond donors (Lipinski definition) is 2. The van der Waals surface area contributed by atoms with Crippen molar-refractivity contribution in [1.29, 1.82) is 0 Å². The van der Waals surface area contributed by atoms with E-state index in [2.05, 4.69) is 22.5 Å². The summed E-state index contributed by atoms with van der Waals surface area (Å²) in [4.78, 5) is 44.9. The number of imide groups is 1. The Morgan fingerprint density at radius 2 is 2.10 bits per heavy atom. The van der Waals surface area contributed by atoms with Gasteiger partial charge in [-0.2, -0.15) is 0 Å². The summed E-state index contributed by atoms with van der Waals surface area (Å²) in [5.41, 5.74) is 0.908. The van der Waals surface area contributed by atoms with Gasteiger partial charge >= 0.3 is 6.03 Å². The third-order valence-corrected chi connectivity index (χ3v) is 7.83. The lowest BCUT2D eigenvalue weighted by Gasteiger charge is -2.12. The highest BCUT2D eigenvalue weighted by atomic mass is 32.2. The Morgan fingerprint density at radius 3 is 2.81 bits per heavy atom. The zero-order chi connectivity index (χ0) is 22.4. The summed E-state index contributed by atoms with van der Waals surface area (Å²) in [6, 6.07) is 3.45. The molecule has 3 heterocycles. The Kier molecular flexibility index (Phi) is 8.28. The van der Waals surface area contributed by atoms with Gasteiger partial charge in [-0.1, -0.05) is 31.2 Å². The van der Waals surface area contributed by atoms with Gasteiger partial charge in [0.05, 0.1) is 11.1 Å². The average Bonchev–Trinajstić information content (AvgIpc) is 3.34. The normalized spacial score (nSPS) is 11.1. The van der Waals surface area contributed by atoms with Gasteiger partial charge in [0.1, 0.15) is 4.83 Å². The molecule has 0 aromatic carbocycles. The first-order valence-electron chi connectivity index (χ1n) is 10.1. The number of unbranched alkanes of at least 4 members (excludes halogenated alkanes) is 1. The van der Waals surface area contributed by atoms with E-state index in [1.807, 2.05) is 31.4 Å². The Balaban J connectivity index is 1.63. The molecule has 3 aromatic heterocycles. The van der Waals surface area contributed by atoms with E-state index in [4.69, 9.17) is 0 Å². The summed E-state index contributed by atoms with van der Waals surface area (Å²) >= 11 is 4.30. The molecule has 3 amide bonds. The van der Waals surface area contributed by atoms with E-state index >= 15 is 0 Å². The molecular weight excluding hydrogens is 452 g/mol. The van der Waals surface area contributed by atoms with E-state index in [1.165, 1.54) is 28.0 Å². The van der Waals surface area contributed by atoms with Gasteiger partial charge in [-0.15, -0.1) is 22.7 Å². The Labute approximate surface area is 193 Å². The second-order valence-electron chi connectivity index (χ2n) is 7.09. The fraction of sp³-hybridized carbons (Fsp3) is 0.429. The molecule has 0 saturated carbocycles. The van der Waals surface area contributed by atoms with Gasteiger partial charge in [0.15, 0.2) is 5.16 Å². The summed E-state index contributed by atoms with van der Waals surface area (Å²) in [6.45, 7) is 7.00. The average molecular weight is 479 g/mol. The number of urea groups is 1. The number of hydrogen-bond acceptors (Lipinski definition) is 7. The van der Waals surface area contributed by atoms with E-state index in [0.29, 0.717) is 28.5 Å². The topological polar surface area (TPSA) is 93.1 Å². The Hall–Kier alpha value is -2.17. The van der Waals surface area contributed by atoms with Gasteiger partial charge in [-0.25, -0.2) is 9.78 Å². The molecule has 0 saturated heterocycles. The van der Waals surface area contributed by atoms with Crippen LogP contribution >= 0.6 is 34.4 Å². The minimum absolute atomic E-state index is 0.00571. The molecule has 0 fully saturated rings. The van der Waals surface area contributed by atoms with E-state index < -0.39 is 11.9 Å². The number of aryl methyl sites for hydroxylation is 2. The van der Waals surface area contributed by atoms with Crippen molar-refractivity contribution in [3.8, 4) is 0 Å². The molecule has 7 nitrogen and oxygen atoms in total. The molecule has 31 heavy (non-hydrogen) atoms. The molecule has 0 radical (unpaired) electrons. The van der Waals surface area contributed by atoms with E-state index in [9.17, 15) is 14.4 Å². The highest BCUT2D eigenvalue weighted by molar-refractivity contribution is 7.99. The monoisotopic (exact) mass is 478 g/mol. The molecule has 166 valence electrons. The number of nitrogens with zero attached hydrogens (tertiary/aromatic N) is 2. The summed E-state index contributed by atoms with van der Waals surface area (Å²) in [5, 5.41) is 8.19. The first kappa shape index (κ1) is 23.5. The summed E-state index contributed by atoms with van der Waals surface area (Å²) < 4.78 is 1.66. The van der Waals surface area contributed by atoms with Gasteiger partial charge in [-0.05, 0) is 43.7 Å². The van der Waals surface area contributed by atoms with Gasteiger partial charge < -0.3 is 5.32 Å². The van der Waals surface area contributed by atoms with E-state index in [-0.39, 0.29) is 11.3 Å². The molecule has 0 aliphatic carbocycles. The van der Waals surface area contributed by atoms with Crippen LogP contribution < -0.4 is 16.2 Å². The number of rotatable bonds is 9.